The zero-order valence-electron chi connectivity index (χ0n) is 25.4. The molecule has 1 aromatic heterocycles. The average molecular weight is 585 g/mol. The van der Waals surface area contributed by atoms with Crippen LogP contribution < -0.4 is 5.32 Å². The third-order valence-electron chi connectivity index (χ3n) is 8.70. The molecule has 1 N–H and O–H groups in total. The number of carbonyl (C=O) groups is 2. The molecule has 1 unspecified atom stereocenters. The van der Waals surface area contributed by atoms with E-state index < -0.39 is 0 Å². The van der Waals surface area contributed by atoms with Gasteiger partial charge in [0, 0.05) is 12.6 Å². The molecule has 4 aromatic carbocycles. The lowest BCUT2D eigenvalue weighted by Crippen LogP contribution is -2.43. The van der Waals surface area contributed by atoms with E-state index in [4.69, 9.17) is 4.98 Å². The predicted molar refractivity (Wildman–Crippen MR) is 176 cm³/mol. The van der Waals surface area contributed by atoms with Gasteiger partial charge in [0.15, 0.2) is 0 Å². The Balaban J connectivity index is 1.19. The molecule has 5 aromatic rings. The van der Waals surface area contributed by atoms with Crippen LogP contribution in [0, 0.1) is 0 Å². The Hall–Kier alpha value is -4.71. The Bertz CT molecular complexity index is 1690. The predicted octanol–water partition coefficient (Wildman–Crippen LogP) is 7.48. The van der Waals surface area contributed by atoms with Gasteiger partial charge in [0.2, 0.25) is 11.8 Å². The van der Waals surface area contributed by atoms with Gasteiger partial charge in [0.05, 0.1) is 23.5 Å². The second-order valence-electron chi connectivity index (χ2n) is 11.9. The molecule has 1 aliphatic rings. The minimum atomic E-state index is -0.372. The lowest BCUT2D eigenvalue weighted by Gasteiger charge is -2.35. The van der Waals surface area contributed by atoms with Crippen molar-refractivity contribution in [2.45, 2.75) is 70.6 Å². The van der Waals surface area contributed by atoms with Crippen LogP contribution in [0.25, 0.3) is 22.2 Å². The number of rotatable bonds is 10. The van der Waals surface area contributed by atoms with Crippen molar-refractivity contribution in [3.63, 3.8) is 0 Å². The maximum atomic E-state index is 14.1. The van der Waals surface area contributed by atoms with E-state index >= 15 is 0 Å². The van der Waals surface area contributed by atoms with Crippen molar-refractivity contribution >= 4 is 22.8 Å². The first-order valence-corrected chi connectivity index (χ1v) is 15.8. The van der Waals surface area contributed by atoms with Crippen LogP contribution in [-0.2, 0) is 29.1 Å². The molecule has 1 atom stereocenters. The largest absolute Gasteiger partial charge is 0.346 e. The van der Waals surface area contributed by atoms with E-state index in [0.717, 1.165) is 59.0 Å². The minimum absolute atomic E-state index is 0.0807. The number of nitrogens with zero attached hydrogens (tertiary/aromatic N) is 3. The molecule has 44 heavy (non-hydrogen) atoms. The molecule has 0 saturated heterocycles. The van der Waals surface area contributed by atoms with Gasteiger partial charge in [0.1, 0.15) is 12.4 Å². The van der Waals surface area contributed by atoms with Crippen molar-refractivity contribution in [3.8, 4) is 11.1 Å². The summed E-state index contributed by atoms with van der Waals surface area (Å²) >= 11 is 0. The summed E-state index contributed by atoms with van der Waals surface area (Å²) in [6.45, 7) is 2.73. The second-order valence-corrected chi connectivity index (χ2v) is 11.9. The number of amides is 2. The number of imidazole rings is 1. The van der Waals surface area contributed by atoms with E-state index in [9.17, 15) is 9.59 Å². The first-order valence-electron chi connectivity index (χ1n) is 15.8. The maximum absolute atomic E-state index is 14.1. The summed E-state index contributed by atoms with van der Waals surface area (Å²) in [4.78, 5) is 34.3. The summed E-state index contributed by atoms with van der Waals surface area (Å²) < 4.78 is 2.00. The van der Waals surface area contributed by atoms with Crippen LogP contribution in [0.1, 0.15) is 62.0 Å². The fourth-order valence-electron chi connectivity index (χ4n) is 6.40. The van der Waals surface area contributed by atoms with Gasteiger partial charge in [-0.2, -0.15) is 0 Å². The van der Waals surface area contributed by atoms with Gasteiger partial charge in [-0.05, 0) is 54.2 Å². The van der Waals surface area contributed by atoms with Gasteiger partial charge in [-0.25, -0.2) is 4.98 Å². The molecule has 0 bridgehead atoms. The maximum Gasteiger partial charge on any atom is 0.243 e. The molecule has 0 spiro atoms. The zero-order valence-corrected chi connectivity index (χ0v) is 25.4. The van der Waals surface area contributed by atoms with Gasteiger partial charge in [-0.1, -0.05) is 116 Å². The van der Waals surface area contributed by atoms with E-state index in [1.54, 1.807) is 0 Å². The summed E-state index contributed by atoms with van der Waals surface area (Å²) in [6.07, 6.45) is 5.88. The monoisotopic (exact) mass is 584 g/mol. The van der Waals surface area contributed by atoms with Crippen LogP contribution in [0.2, 0.25) is 0 Å². The molecule has 224 valence electrons. The number of para-hydroxylation sites is 2. The van der Waals surface area contributed by atoms with E-state index in [1.807, 2.05) is 84.3 Å². The van der Waals surface area contributed by atoms with E-state index in [-0.39, 0.29) is 36.9 Å². The smallest absolute Gasteiger partial charge is 0.243 e. The van der Waals surface area contributed by atoms with E-state index in [2.05, 4.69) is 46.6 Å². The van der Waals surface area contributed by atoms with Crippen LogP contribution in [0.15, 0.2) is 109 Å². The van der Waals surface area contributed by atoms with Crippen molar-refractivity contribution in [1.82, 2.24) is 19.8 Å². The molecule has 2 amide bonds. The molecule has 6 rings (SSSR count). The van der Waals surface area contributed by atoms with E-state index in [0.29, 0.717) is 12.4 Å². The Morgan fingerprint density at radius 1 is 0.795 bits per heavy atom. The molecule has 1 fully saturated rings. The Kier molecular flexibility index (Phi) is 9.16. The molecular formula is C38H40N4O2. The third kappa shape index (κ3) is 6.91. The highest BCUT2D eigenvalue weighted by atomic mass is 16.2. The first kappa shape index (κ1) is 29.4. The summed E-state index contributed by atoms with van der Waals surface area (Å²) in [7, 11) is 0. The molecule has 0 radical (unpaired) electrons. The standard InChI is InChI=1S/C38H40N4O2/c1-28(39-36(43)25-29-21-23-32(24-22-29)31-15-7-3-8-16-31)38-40-34-19-11-12-20-35(34)42(38)27-37(44)41(33-17-9-4-10-18-33)26-30-13-5-2-6-14-30/h2-3,5-8,11-16,19-24,28,33H,4,9-10,17-18,25-27H2,1H3,(H,39,43). The van der Waals surface area contributed by atoms with Gasteiger partial charge in [-0.3, -0.25) is 9.59 Å². The topological polar surface area (TPSA) is 67.2 Å². The van der Waals surface area contributed by atoms with Gasteiger partial charge in [0.25, 0.3) is 0 Å². The van der Waals surface area contributed by atoms with Crippen LogP contribution in [0.3, 0.4) is 0 Å². The minimum Gasteiger partial charge on any atom is -0.346 e. The molecule has 6 nitrogen and oxygen atoms in total. The van der Waals surface area contributed by atoms with Crippen LogP contribution in [0.5, 0.6) is 0 Å². The summed E-state index contributed by atoms with van der Waals surface area (Å²) in [5, 5.41) is 3.15. The second kappa shape index (κ2) is 13.7. The van der Waals surface area contributed by atoms with Crippen LogP contribution in [0.4, 0.5) is 0 Å². The van der Waals surface area contributed by atoms with Crippen LogP contribution in [-0.4, -0.2) is 32.3 Å². The van der Waals surface area contributed by atoms with Crippen molar-refractivity contribution in [1.29, 1.82) is 0 Å². The zero-order chi connectivity index (χ0) is 30.3. The average Bonchev–Trinajstić information content (AvgIpc) is 3.43. The molecule has 1 saturated carbocycles. The van der Waals surface area contributed by atoms with Crippen molar-refractivity contribution in [3.05, 3.63) is 126 Å². The highest BCUT2D eigenvalue weighted by Gasteiger charge is 2.28. The highest BCUT2D eigenvalue weighted by molar-refractivity contribution is 5.82. The van der Waals surface area contributed by atoms with Crippen molar-refractivity contribution in [2.24, 2.45) is 0 Å². The molecule has 1 heterocycles. The number of carbonyl (C=O) groups excluding carboxylic acids is 2. The third-order valence-corrected chi connectivity index (χ3v) is 8.70. The summed E-state index contributed by atoms with van der Waals surface area (Å²) in [6, 6.07) is 36.3. The van der Waals surface area contributed by atoms with Crippen molar-refractivity contribution < 1.29 is 9.59 Å². The van der Waals surface area contributed by atoms with Crippen molar-refractivity contribution in [2.75, 3.05) is 0 Å². The summed E-state index contributed by atoms with van der Waals surface area (Å²) in [5.74, 6) is 0.695. The number of nitrogens with one attached hydrogen (secondary N) is 1. The number of fused-ring (bicyclic) bond motifs is 1. The van der Waals surface area contributed by atoms with Crippen LogP contribution >= 0.6 is 0 Å². The Morgan fingerprint density at radius 2 is 1.43 bits per heavy atom. The normalized spacial score (nSPS) is 14.3. The van der Waals surface area contributed by atoms with Gasteiger partial charge in [-0.15, -0.1) is 0 Å². The summed E-state index contributed by atoms with van der Waals surface area (Å²) in [5.41, 5.74) is 6.08. The molecule has 0 aliphatic heterocycles. The quantitative estimate of drug-likeness (QED) is 0.185. The number of benzene rings is 4. The van der Waals surface area contributed by atoms with Gasteiger partial charge < -0.3 is 14.8 Å². The Morgan fingerprint density at radius 3 is 2.16 bits per heavy atom. The van der Waals surface area contributed by atoms with Gasteiger partial charge >= 0.3 is 0 Å². The SMILES string of the molecule is CC(NC(=O)Cc1ccc(-c2ccccc2)cc1)c1nc2ccccc2n1CC(=O)N(Cc1ccccc1)C1CCCCC1. The molecule has 1 aliphatic carbocycles. The first-order chi connectivity index (χ1) is 21.5. The van der Waals surface area contributed by atoms with E-state index in [1.165, 1.54) is 6.42 Å². The fraction of sp³-hybridized carbons (Fsp3) is 0.289. The number of hydrogen-bond donors (Lipinski definition) is 1. The molecule has 6 heteroatoms. The molecular weight excluding hydrogens is 544 g/mol. The number of aromatic nitrogens is 2. The highest BCUT2D eigenvalue weighted by Crippen LogP contribution is 2.27. The fourth-order valence-corrected chi connectivity index (χ4v) is 6.40. The Labute approximate surface area is 259 Å². The number of hydrogen-bond acceptors (Lipinski definition) is 3. The lowest BCUT2D eigenvalue weighted by molar-refractivity contribution is -0.135. The lowest BCUT2D eigenvalue weighted by atomic mass is 9.93.